The molecule has 1 heteroatoms. The molecule has 0 bridgehead atoms. The lowest BCUT2D eigenvalue weighted by atomic mass is 10.2. The molecule has 0 aliphatic heterocycles. The molecular weight excluding hydrogens is 271 g/mol. The largest absolute Gasteiger partial charge is 0.0980 e. The molecule has 0 fully saturated rings. The van der Waals surface area contributed by atoms with Crippen LogP contribution in [-0.2, 0) is 0 Å². The van der Waals surface area contributed by atoms with Gasteiger partial charge in [-0.1, -0.05) is 98.4 Å². The summed E-state index contributed by atoms with van der Waals surface area (Å²) in [5.41, 5.74) is 3.54. The second-order valence-corrected chi connectivity index (χ2v) is 7.03. The fraction of sp³-hybridized carbons (Fsp3) is 0.300. The fourth-order valence-electron chi connectivity index (χ4n) is 2.21. The summed E-state index contributed by atoms with van der Waals surface area (Å²) >= 11 is 0. The summed E-state index contributed by atoms with van der Waals surface area (Å²) in [5, 5.41) is 2.69. The molecule has 0 spiro atoms. The van der Waals surface area contributed by atoms with E-state index >= 15 is 0 Å². The van der Waals surface area contributed by atoms with Gasteiger partial charge >= 0.3 is 0 Å². The minimum atomic E-state index is -0.536. The molecule has 2 aromatic rings. The van der Waals surface area contributed by atoms with Gasteiger partial charge in [0.1, 0.15) is 0 Å². The summed E-state index contributed by atoms with van der Waals surface area (Å²) in [5.74, 6) is 3.42. The predicted octanol–water partition coefficient (Wildman–Crippen LogP) is 5.05. The SMILES string of the molecule is CCCCCCC#CP(c1ccccc1)c1ccccc1. The van der Waals surface area contributed by atoms with Crippen LogP contribution in [0.25, 0.3) is 0 Å². The normalized spacial score (nSPS) is 10.2. The van der Waals surface area contributed by atoms with Gasteiger partial charge in [0, 0.05) is 14.3 Å². The van der Waals surface area contributed by atoms with E-state index in [0.29, 0.717) is 0 Å². The van der Waals surface area contributed by atoms with Gasteiger partial charge in [0.15, 0.2) is 0 Å². The Bertz CT molecular complexity index is 524. The predicted molar refractivity (Wildman–Crippen MR) is 95.6 cm³/mol. The molecule has 0 amide bonds. The smallest absolute Gasteiger partial charge is 0.0344 e. The quantitative estimate of drug-likeness (QED) is 0.397. The highest BCUT2D eigenvalue weighted by Crippen LogP contribution is 2.31. The molecule has 0 aliphatic carbocycles. The minimum Gasteiger partial charge on any atom is -0.0980 e. The van der Waals surface area contributed by atoms with Crippen LogP contribution in [0.4, 0.5) is 0 Å². The molecular formula is C20H23P. The summed E-state index contributed by atoms with van der Waals surface area (Å²) in [6.07, 6.45) is 6.17. The summed E-state index contributed by atoms with van der Waals surface area (Å²) < 4.78 is 0. The molecule has 0 aliphatic rings. The molecule has 0 atom stereocenters. The second kappa shape index (κ2) is 9.38. The van der Waals surface area contributed by atoms with Gasteiger partial charge in [0.2, 0.25) is 0 Å². The van der Waals surface area contributed by atoms with E-state index in [1.807, 2.05) is 0 Å². The van der Waals surface area contributed by atoms with Gasteiger partial charge < -0.3 is 0 Å². The van der Waals surface area contributed by atoms with Crippen LogP contribution in [0.1, 0.15) is 39.0 Å². The third-order valence-corrected chi connectivity index (χ3v) is 5.39. The van der Waals surface area contributed by atoms with Crippen LogP contribution in [0.2, 0.25) is 0 Å². The van der Waals surface area contributed by atoms with Gasteiger partial charge in [-0.2, -0.15) is 0 Å². The van der Waals surface area contributed by atoms with Crippen LogP contribution >= 0.6 is 7.92 Å². The van der Waals surface area contributed by atoms with Gasteiger partial charge in [0.05, 0.1) is 0 Å². The number of rotatable bonds is 6. The van der Waals surface area contributed by atoms with E-state index < -0.39 is 7.92 Å². The van der Waals surface area contributed by atoms with Crippen LogP contribution in [-0.4, -0.2) is 0 Å². The van der Waals surface area contributed by atoms with Crippen molar-refractivity contribution in [2.75, 3.05) is 0 Å². The second-order valence-electron chi connectivity index (χ2n) is 5.11. The number of unbranched alkanes of at least 4 members (excludes halogenated alkanes) is 4. The van der Waals surface area contributed by atoms with Crippen LogP contribution in [0.3, 0.4) is 0 Å². The van der Waals surface area contributed by atoms with Crippen LogP contribution in [0.15, 0.2) is 60.7 Å². The Balaban J connectivity index is 2.09. The zero-order chi connectivity index (χ0) is 14.8. The highest BCUT2D eigenvalue weighted by atomic mass is 31.1. The Morgan fingerprint density at radius 2 is 1.33 bits per heavy atom. The first-order chi connectivity index (χ1) is 10.4. The number of hydrogen-bond acceptors (Lipinski definition) is 0. The van der Waals surface area contributed by atoms with Gasteiger partial charge in [-0.15, -0.1) is 0 Å². The van der Waals surface area contributed by atoms with Gasteiger partial charge in [-0.3, -0.25) is 0 Å². The zero-order valence-corrected chi connectivity index (χ0v) is 13.7. The number of benzene rings is 2. The Labute approximate surface area is 130 Å². The van der Waals surface area contributed by atoms with Crippen molar-refractivity contribution in [3.63, 3.8) is 0 Å². The van der Waals surface area contributed by atoms with E-state index in [0.717, 1.165) is 6.42 Å². The first kappa shape index (κ1) is 15.8. The lowest BCUT2D eigenvalue weighted by Crippen LogP contribution is -2.09. The molecule has 0 nitrogen and oxygen atoms in total. The molecule has 0 N–H and O–H groups in total. The summed E-state index contributed by atoms with van der Waals surface area (Å²) in [7, 11) is -0.536. The molecule has 0 saturated heterocycles. The van der Waals surface area contributed by atoms with Crippen LogP contribution in [0.5, 0.6) is 0 Å². The maximum Gasteiger partial charge on any atom is 0.0344 e. The Hall–Kier alpha value is -1.57. The Morgan fingerprint density at radius 1 is 0.762 bits per heavy atom. The molecule has 21 heavy (non-hydrogen) atoms. The van der Waals surface area contributed by atoms with E-state index in [9.17, 15) is 0 Å². The zero-order valence-electron chi connectivity index (χ0n) is 12.8. The average Bonchev–Trinajstić information content (AvgIpc) is 2.56. The van der Waals surface area contributed by atoms with Crippen molar-refractivity contribution in [1.29, 1.82) is 0 Å². The molecule has 0 radical (unpaired) electrons. The van der Waals surface area contributed by atoms with E-state index in [2.05, 4.69) is 79.2 Å². The van der Waals surface area contributed by atoms with Crippen molar-refractivity contribution in [1.82, 2.24) is 0 Å². The first-order valence-electron chi connectivity index (χ1n) is 7.80. The molecule has 2 aromatic carbocycles. The van der Waals surface area contributed by atoms with Crippen LogP contribution in [0, 0.1) is 11.6 Å². The van der Waals surface area contributed by atoms with Crippen molar-refractivity contribution in [2.24, 2.45) is 0 Å². The summed E-state index contributed by atoms with van der Waals surface area (Å²) in [6, 6.07) is 21.4. The molecule has 2 rings (SSSR count). The third kappa shape index (κ3) is 5.37. The van der Waals surface area contributed by atoms with E-state index in [1.165, 1.54) is 36.3 Å². The van der Waals surface area contributed by atoms with Crippen molar-refractivity contribution in [3.05, 3.63) is 60.7 Å². The lowest BCUT2D eigenvalue weighted by molar-refractivity contribution is 0.680. The highest BCUT2D eigenvalue weighted by Gasteiger charge is 2.09. The third-order valence-electron chi connectivity index (χ3n) is 3.37. The summed E-state index contributed by atoms with van der Waals surface area (Å²) in [6.45, 7) is 2.25. The van der Waals surface area contributed by atoms with Crippen LogP contribution < -0.4 is 10.6 Å². The molecule has 108 valence electrons. The van der Waals surface area contributed by atoms with E-state index in [1.54, 1.807) is 0 Å². The topological polar surface area (TPSA) is 0 Å². The average molecular weight is 294 g/mol. The maximum atomic E-state index is 3.54. The minimum absolute atomic E-state index is 0.536. The molecule has 0 aromatic heterocycles. The number of hydrogen-bond donors (Lipinski definition) is 0. The standard InChI is InChI=1S/C20H23P/c1-2-3-4-5-6-13-18-21(19-14-9-7-10-15-19)20-16-11-8-12-17-20/h7-12,14-17H,2-6H2,1H3. The monoisotopic (exact) mass is 294 g/mol. The van der Waals surface area contributed by atoms with Crippen molar-refractivity contribution in [3.8, 4) is 11.6 Å². The summed E-state index contributed by atoms with van der Waals surface area (Å²) in [4.78, 5) is 0. The van der Waals surface area contributed by atoms with Gasteiger partial charge in [0.25, 0.3) is 0 Å². The molecule has 0 saturated carbocycles. The van der Waals surface area contributed by atoms with Crippen molar-refractivity contribution in [2.45, 2.75) is 39.0 Å². The lowest BCUT2D eigenvalue weighted by Gasteiger charge is -2.11. The molecule has 0 unspecified atom stereocenters. The van der Waals surface area contributed by atoms with E-state index in [4.69, 9.17) is 0 Å². The van der Waals surface area contributed by atoms with Crippen molar-refractivity contribution >= 4 is 18.5 Å². The van der Waals surface area contributed by atoms with Crippen molar-refractivity contribution < 1.29 is 0 Å². The first-order valence-corrected chi connectivity index (χ1v) is 9.14. The molecule has 0 heterocycles. The van der Waals surface area contributed by atoms with Gasteiger partial charge in [-0.05, 0) is 17.0 Å². The Morgan fingerprint density at radius 3 is 1.86 bits per heavy atom. The van der Waals surface area contributed by atoms with E-state index in [-0.39, 0.29) is 0 Å². The fourth-order valence-corrected chi connectivity index (χ4v) is 3.97. The highest BCUT2D eigenvalue weighted by molar-refractivity contribution is 7.77. The van der Waals surface area contributed by atoms with Gasteiger partial charge in [-0.25, -0.2) is 0 Å². The Kier molecular flexibility index (Phi) is 7.06. The maximum absolute atomic E-state index is 3.54.